The number of nitrogens with zero attached hydrogens (tertiary/aromatic N) is 6. The maximum absolute atomic E-state index is 12.6. The number of aldehydes is 2. The topological polar surface area (TPSA) is 572 Å². The van der Waals surface area contributed by atoms with E-state index >= 15 is 0 Å². The first-order valence-electron chi connectivity index (χ1n) is 40.3. The average Bonchev–Trinajstić information content (AvgIpc) is 1.65. The number of hydrogen-bond donors (Lipinski definition) is 4. The molecule has 4 N–H and O–H groups in total. The van der Waals surface area contributed by atoms with E-state index in [4.69, 9.17) is 50.4 Å². The van der Waals surface area contributed by atoms with Crippen LogP contribution in [-0.2, 0) is 129 Å². The van der Waals surface area contributed by atoms with Gasteiger partial charge < -0.3 is 91.6 Å². The van der Waals surface area contributed by atoms with Crippen LogP contribution < -0.4 is 9.47 Å². The number of cyclic esters (lactones) is 2. The highest BCUT2D eigenvalue weighted by molar-refractivity contribution is 5.97. The van der Waals surface area contributed by atoms with Crippen molar-refractivity contribution >= 4 is 96.1 Å². The third-order valence-electron chi connectivity index (χ3n) is 20.3. The first kappa shape index (κ1) is 118. The molecule has 0 saturated carbocycles. The summed E-state index contributed by atoms with van der Waals surface area (Å²) in [6, 6.07) is 8.24. The third kappa shape index (κ3) is 41.8. The van der Waals surface area contributed by atoms with Crippen LogP contribution in [0.3, 0.4) is 0 Å². The lowest BCUT2D eigenvalue weighted by molar-refractivity contribution is -0.158. The summed E-state index contributed by atoms with van der Waals surface area (Å²) in [7, 11) is 12.4. The third-order valence-corrected chi connectivity index (χ3v) is 20.3. The first-order valence-corrected chi connectivity index (χ1v) is 40.3. The van der Waals surface area contributed by atoms with Gasteiger partial charge in [0.15, 0.2) is 0 Å². The molecule has 2 aromatic rings. The van der Waals surface area contributed by atoms with Gasteiger partial charge in [0.25, 0.3) is 0 Å². The van der Waals surface area contributed by atoms with Crippen molar-refractivity contribution in [3.05, 3.63) is 103 Å². The Morgan fingerprint density at radius 3 is 0.889 bits per heavy atom. The molecule has 5 rings (SSSR count). The molecule has 0 aromatic heterocycles. The number of methoxy groups -OCH3 is 10. The molecule has 39 nitrogen and oxygen atoms in total. The maximum Gasteiger partial charge on any atom is 0.317 e. The van der Waals surface area contributed by atoms with Crippen LogP contribution >= 0.6 is 0 Å². The molecular formula is C87H130N6O33. The number of fused-ring (bicyclic) bond motifs is 1. The normalized spacial score (nSPS) is 16.4. The molecule has 1 aliphatic heterocycles. The lowest BCUT2D eigenvalue weighted by Gasteiger charge is -2.24. The van der Waals surface area contributed by atoms with Gasteiger partial charge in [0.2, 0.25) is 0 Å². The van der Waals surface area contributed by atoms with E-state index in [2.05, 4.69) is 86.9 Å². The summed E-state index contributed by atoms with van der Waals surface area (Å²) in [5, 5.41) is 42.1. The van der Waals surface area contributed by atoms with E-state index in [1.807, 2.05) is 79.7 Å². The molecule has 3 aliphatic rings. The number of carboxylic acids is 2. The van der Waals surface area contributed by atoms with Crippen molar-refractivity contribution in [1.29, 1.82) is 0 Å². The fourth-order valence-electron chi connectivity index (χ4n) is 14.1. The van der Waals surface area contributed by atoms with Gasteiger partial charge in [-0.05, 0) is 152 Å². The SMILES string of the molecule is C.CCC[C@H](C(=O)O)[C@@H](CCC)C(=O)O.COC(=O)[C@@H](CC=O)[C@@H](CC=O)C(=O)OC.COC(=O)[C@@H](CCN=[N+]=[N-])[C@@H](CCN=[N+]=[N-])C(=O)OC.COC(=O)[C@@H](CCO)[C@@H](CCO)C(=O)OC.COC(=O)[C@@H](CCOc1c(C)cc(C)cc1C)[C@@H](CCOc1c(C)cc(C)cc1C)C(=O)OC.COC(=O)[C@H]1CC=CC[C@H]1C(=O)OC.O=C1OC(=O)[C@@H]2CC=CC[C@H]12. The lowest BCUT2D eigenvalue weighted by atomic mass is 9.83. The number of esters is 12. The molecule has 1 saturated heterocycles. The highest BCUT2D eigenvalue weighted by Crippen LogP contribution is 2.35. The molecule has 2 aliphatic carbocycles. The Bertz CT molecular complexity index is 3670. The van der Waals surface area contributed by atoms with Crippen LogP contribution in [0.5, 0.6) is 11.5 Å². The molecule has 0 radical (unpaired) electrons. The second-order valence-corrected chi connectivity index (χ2v) is 28.6. The maximum atomic E-state index is 12.6. The highest BCUT2D eigenvalue weighted by atomic mass is 16.6. The van der Waals surface area contributed by atoms with Gasteiger partial charge in [-0.25, -0.2) is 0 Å². The van der Waals surface area contributed by atoms with Crippen molar-refractivity contribution in [3.63, 3.8) is 0 Å². The molecule has 0 spiro atoms. The van der Waals surface area contributed by atoms with Gasteiger partial charge in [-0.3, -0.25) is 67.1 Å². The summed E-state index contributed by atoms with van der Waals surface area (Å²) < 4.78 is 63.2. The zero-order valence-electron chi connectivity index (χ0n) is 74.7. The van der Waals surface area contributed by atoms with Gasteiger partial charge >= 0.3 is 83.6 Å². The van der Waals surface area contributed by atoms with E-state index in [0.29, 0.717) is 76.8 Å². The van der Waals surface area contributed by atoms with E-state index in [9.17, 15) is 76.7 Å². The van der Waals surface area contributed by atoms with Gasteiger partial charge in [0.05, 0.1) is 167 Å². The van der Waals surface area contributed by atoms with Crippen LogP contribution in [0.1, 0.15) is 157 Å². The Labute approximate surface area is 735 Å². The van der Waals surface area contributed by atoms with Gasteiger partial charge in [-0.1, -0.05) is 104 Å². The zero-order chi connectivity index (χ0) is 95.4. The van der Waals surface area contributed by atoms with Crippen molar-refractivity contribution < 1.29 is 159 Å². The second kappa shape index (κ2) is 67.6. The number of carbonyl (C=O) groups excluding carboxylic acids is 14. The number of aliphatic hydroxyl groups is 2. The van der Waals surface area contributed by atoms with Crippen molar-refractivity contribution in [2.45, 2.75) is 166 Å². The number of ether oxygens (including phenoxy) is 13. The minimum absolute atomic E-state index is 0. The van der Waals surface area contributed by atoms with E-state index in [0.717, 1.165) is 48.0 Å². The zero-order valence-corrected chi connectivity index (χ0v) is 74.7. The van der Waals surface area contributed by atoms with Crippen LogP contribution in [0.4, 0.5) is 0 Å². The molecular weight excluding hydrogens is 1660 g/mol. The Kier molecular flexibility index (Phi) is 63.5. The molecule has 0 bridgehead atoms. The molecule has 0 unspecified atom stereocenters. The predicted octanol–water partition coefficient (Wildman–Crippen LogP) is 10.6. The van der Waals surface area contributed by atoms with E-state index in [-0.39, 0.29) is 121 Å². The molecule has 39 heteroatoms. The minimum atomic E-state index is -0.993. The Morgan fingerprint density at radius 2 is 0.659 bits per heavy atom. The predicted molar refractivity (Wildman–Crippen MR) is 452 cm³/mol. The minimum Gasteiger partial charge on any atom is -0.493 e. The molecule has 0 amide bonds. The first-order chi connectivity index (χ1) is 59.5. The summed E-state index contributed by atoms with van der Waals surface area (Å²) in [4.78, 5) is 186. The Morgan fingerprint density at radius 1 is 0.405 bits per heavy atom. The quantitative estimate of drug-likeness (QED) is 0.00700. The second-order valence-electron chi connectivity index (χ2n) is 28.6. The largest absolute Gasteiger partial charge is 0.493 e. The number of allylic oxidation sites excluding steroid dienone is 4. The smallest absolute Gasteiger partial charge is 0.317 e. The molecule has 706 valence electrons. The highest BCUT2D eigenvalue weighted by Gasteiger charge is 2.45. The molecule has 126 heavy (non-hydrogen) atoms. The number of aliphatic carboxylic acids is 2. The molecule has 1 fully saturated rings. The number of hydrogen-bond acceptors (Lipinski definition) is 33. The van der Waals surface area contributed by atoms with Crippen LogP contribution in [0.25, 0.3) is 20.9 Å². The molecule has 2 aromatic carbocycles. The summed E-state index contributed by atoms with van der Waals surface area (Å²) in [5.41, 5.74) is 23.0. The summed E-state index contributed by atoms with van der Waals surface area (Å²) in [6.07, 6.45) is 14.1. The van der Waals surface area contributed by atoms with Crippen molar-refractivity contribution in [2.24, 2.45) is 93.1 Å². The van der Waals surface area contributed by atoms with Gasteiger partial charge in [0, 0.05) is 49.0 Å². The molecule has 1 heterocycles. The number of benzene rings is 2. The number of aliphatic hydroxyl groups excluding tert-OH is 2. The van der Waals surface area contributed by atoms with Gasteiger partial charge in [-0.15, -0.1) is 0 Å². The van der Waals surface area contributed by atoms with Gasteiger partial charge in [0.1, 0.15) is 24.1 Å². The summed E-state index contributed by atoms with van der Waals surface area (Å²) >= 11 is 0. The fourth-order valence-corrected chi connectivity index (χ4v) is 14.1. The summed E-state index contributed by atoms with van der Waals surface area (Å²) in [5.74, 6) is -15.6. The van der Waals surface area contributed by atoms with Crippen LogP contribution in [-0.4, -0.2) is 227 Å². The monoisotopic (exact) mass is 1790 g/mol. The number of carbonyl (C=O) groups is 16. The van der Waals surface area contributed by atoms with E-state index < -0.39 is 131 Å². The van der Waals surface area contributed by atoms with Crippen LogP contribution in [0, 0.1) is 124 Å². The van der Waals surface area contributed by atoms with Crippen molar-refractivity contribution in [1.82, 2.24) is 0 Å². The van der Waals surface area contributed by atoms with Crippen molar-refractivity contribution in [3.8, 4) is 11.5 Å². The Balaban J connectivity index is -0.00000145. The van der Waals surface area contributed by atoms with E-state index in [1.54, 1.807) is 0 Å². The average molecular weight is 1790 g/mol. The van der Waals surface area contributed by atoms with Crippen molar-refractivity contribution in [2.75, 3.05) is 111 Å². The fraction of sp³-hybridized carbons (Fsp3) is 0.632. The number of aryl methyl sites for hydroxylation is 6. The number of rotatable bonds is 43. The number of carboxylic acid groups (broad SMARTS) is 2. The lowest BCUT2D eigenvalue weighted by Crippen LogP contribution is -2.34. The van der Waals surface area contributed by atoms with Gasteiger partial charge in [-0.2, -0.15) is 0 Å². The standard InChI is InChI=1S/C28H38O6.C10H16N6O4.C10H18O6.C10H14O6.C10H14O4.C10H18O4.C8H8O3.CH4/c1-17-13-19(3)25(20(4)14-17)33-11-9-23(27(29)31-7)24(28(30)32-8)10-12-34-26-21(5)15-18(2)16-22(26)6;1-19-9(17)7(3-5-13-15-11)8(10(18)20-2)4-6-14-16-12;2*1-15-9(13)7(3-5-11)8(4-6-12)10(14)16-2;1-13-9(11)7-5-3-4-6-8(7)10(12)14-2;1-3-5-7(9(11)12)8(6-4-2)10(13)14;9-7-5-3-1-2-4-6(5)8(10)11-7;/h13-16,23-24H,9-12H2,1-8H3;7-8H,3-6H2,1-2H3;7-8,11-12H,3-6H2,1-2H3;5-8H,3-4H2,1-2H3;3-4,7-8H,5-6H2,1-2H3;7-8H,3-6H2,1-2H3,(H,11,12)(H,13,14);1-2,5-6H,3-4H2;1H4/t23-,24+;5*7-,8+;5-,6+;. The molecule has 14 atom stereocenters. The Hall–Kier alpha value is -11.8. The van der Waals surface area contributed by atoms with Crippen LogP contribution in [0.15, 0.2) is 58.8 Å². The summed E-state index contributed by atoms with van der Waals surface area (Å²) in [6.45, 7) is 16.0. The van der Waals surface area contributed by atoms with Crippen LogP contribution in [0.2, 0.25) is 0 Å². The van der Waals surface area contributed by atoms with E-state index in [1.165, 1.54) is 68.0 Å². The number of azide groups is 2.